The zero-order valence-corrected chi connectivity index (χ0v) is 9.49. The number of rotatable bonds is 4. The predicted octanol–water partition coefficient (Wildman–Crippen LogP) is 1.39. The van der Waals surface area contributed by atoms with Crippen molar-refractivity contribution in [3.8, 4) is 5.75 Å². The second-order valence-electron chi connectivity index (χ2n) is 3.80. The lowest BCUT2D eigenvalue weighted by Gasteiger charge is -2.21. The van der Waals surface area contributed by atoms with Crippen molar-refractivity contribution in [1.82, 2.24) is 10.3 Å². The number of hydrogen-bond acceptors (Lipinski definition) is 4. The van der Waals surface area contributed by atoms with Crippen molar-refractivity contribution in [3.05, 3.63) is 24.0 Å². The largest absolute Gasteiger partial charge is 0.506 e. The Kier molecular flexibility index (Phi) is 3.90. The van der Waals surface area contributed by atoms with Crippen LogP contribution < -0.4 is 5.32 Å². The summed E-state index contributed by atoms with van der Waals surface area (Å²) >= 11 is 5.91. The molecule has 0 bridgehead atoms. The first kappa shape index (κ1) is 12.2. The third kappa shape index (κ3) is 4.03. The Morgan fingerprint density at radius 1 is 1.60 bits per heavy atom. The van der Waals surface area contributed by atoms with Crippen molar-refractivity contribution in [2.75, 3.05) is 6.54 Å². The third-order valence-electron chi connectivity index (χ3n) is 1.91. The highest BCUT2D eigenvalue weighted by molar-refractivity contribution is 6.23. The Bertz CT molecular complexity index is 325. The van der Waals surface area contributed by atoms with Gasteiger partial charge >= 0.3 is 0 Å². The first-order valence-corrected chi connectivity index (χ1v) is 5.03. The number of nitrogens with zero attached hydrogens (tertiary/aromatic N) is 1. The number of aliphatic hydroxyl groups excluding tert-OH is 1. The summed E-state index contributed by atoms with van der Waals surface area (Å²) in [7, 11) is 0. The highest BCUT2D eigenvalue weighted by Gasteiger charge is 2.17. The second-order valence-corrected chi connectivity index (χ2v) is 4.75. The van der Waals surface area contributed by atoms with Crippen molar-refractivity contribution in [3.63, 3.8) is 0 Å². The summed E-state index contributed by atoms with van der Waals surface area (Å²) < 4.78 is 0. The van der Waals surface area contributed by atoms with Gasteiger partial charge in [-0.3, -0.25) is 10.3 Å². The molecule has 5 heteroatoms. The zero-order chi connectivity index (χ0) is 11.5. The van der Waals surface area contributed by atoms with E-state index < -0.39 is 11.1 Å². The summed E-state index contributed by atoms with van der Waals surface area (Å²) in [4.78, 5) is 3.15. The van der Waals surface area contributed by atoms with Gasteiger partial charge in [-0.05, 0) is 19.9 Å². The fraction of sp³-hybridized carbons (Fsp3) is 0.500. The zero-order valence-electron chi connectivity index (χ0n) is 8.74. The summed E-state index contributed by atoms with van der Waals surface area (Å²) in [5.74, 6) is -0.0146. The van der Waals surface area contributed by atoms with Gasteiger partial charge in [-0.15, -0.1) is 11.6 Å². The van der Waals surface area contributed by atoms with Crippen molar-refractivity contribution < 1.29 is 10.2 Å². The first-order chi connectivity index (χ1) is 6.90. The van der Waals surface area contributed by atoms with E-state index in [1.54, 1.807) is 19.9 Å². The molecular weight excluding hydrogens is 216 g/mol. The van der Waals surface area contributed by atoms with Crippen LogP contribution in [0.2, 0.25) is 0 Å². The molecule has 0 amide bonds. The molecule has 0 spiro atoms. The van der Waals surface area contributed by atoms with E-state index in [0.717, 1.165) is 0 Å². The van der Waals surface area contributed by atoms with E-state index in [1.165, 1.54) is 12.4 Å². The number of halogens is 1. The molecule has 1 rings (SSSR count). The Morgan fingerprint density at radius 2 is 2.27 bits per heavy atom. The Hall–Kier alpha value is -0.840. The number of aromatic hydroxyl groups is 1. The molecule has 4 nitrogen and oxygen atoms in total. The van der Waals surface area contributed by atoms with E-state index in [2.05, 4.69) is 10.3 Å². The van der Waals surface area contributed by atoms with Crippen LogP contribution in [0.1, 0.15) is 25.5 Å². The number of alkyl halides is 1. The van der Waals surface area contributed by atoms with Gasteiger partial charge in [-0.2, -0.15) is 0 Å². The Labute approximate surface area is 93.9 Å². The summed E-state index contributed by atoms with van der Waals surface area (Å²) in [6, 6.07) is 1.57. The van der Waals surface area contributed by atoms with Gasteiger partial charge in [0.1, 0.15) is 5.75 Å². The van der Waals surface area contributed by atoms with Gasteiger partial charge in [0.15, 0.2) is 0 Å². The minimum absolute atomic E-state index is 0.0146. The van der Waals surface area contributed by atoms with Gasteiger partial charge in [-0.1, -0.05) is 0 Å². The smallest absolute Gasteiger partial charge is 0.139 e. The molecule has 1 aromatic rings. The highest BCUT2D eigenvalue weighted by atomic mass is 35.5. The first-order valence-electron chi connectivity index (χ1n) is 4.65. The molecule has 0 aliphatic carbocycles. The van der Waals surface area contributed by atoms with Gasteiger partial charge in [0.2, 0.25) is 0 Å². The standard InChI is InChI=1S/C10H15ClN2O2/c1-10(2,11)13-6-9(15)7-3-4-12-5-8(7)14/h3-5,9,13-15H,6H2,1-2H3. The molecule has 15 heavy (non-hydrogen) atoms. The van der Waals surface area contributed by atoms with Crippen LogP contribution in [0, 0.1) is 0 Å². The van der Waals surface area contributed by atoms with Gasteiger partial charge in [-0.25, -0.2) is 0 Å². The van der Waals surface area contributed by atoms with Crippen LogP contribution in [0.25, 0.3) is 0 Å². The van der Waals surface area contributed by atoms with E-state index in [4.69, 9.17) is 11.6 Å². The predicted molar refractivity (Wildman–Crippen MR) is 58.8 cm³/mol. The molecule has 1 heterocycles. The third-order valence-corrected chi connectivity index (χ3v) is 2.04. The molecule has 1 unspecified atom stereocenters. The molecule has 0 saturated carbocycles. The van der Waals surface area contributed by atoms with Crippen molar-refractivity contribution in [1.29, 1.82) is 0 Å². The van der Waals surface area contributed by atoms with Gasteiger partial charge in [0.05, 0.1) is 17.3 Å². The molecule has 1 aromatic heterocycles. The lowest BCUT2D eigenvalue weighted by atomic mass is 10.1. The normalized spacial score (nSPS) is 13.9. The maximum Gasteiger partial charge on any atom is 0.139 e. The van der Waals surface area contributed by atoms with E-state index >= 15 is 0 Å². The molecular formula is C10H15ClN2O2. The fourth-order valence-electron chi connectivity index (χ4n) is 1.13. The average Bonchev–Trinajstić information content (AvgIpc) is 2.14. The molecule has 0 fully saturated rings. The van der Waals surface area contributed by atoms with Crippen molar-refractivity contribution >= 4 is 11.6 Å². The van der Waals surface area contributed by atoms with Crippen LogP contribution in [-0.2, 0) is 0 Å². The van der Waals surface area contributed by atoms with Crippen LogP contribution in [0.5, 0.6) is 5.75 Å². The average molecular weight is 231 g/mol. The topological polar surface area (TPSA) is 65.4 Å². The Balaban J connectivity index is 2.62. The molecule has 0 aromatic carbocycles. The number of hydrogen-bond donors (Lipinski definition) is 3. The summed E-state index contributed by atoms with van der Waals surface area (Å²) in [5.41, 5.74) is 0.443. The van der Waals surface area contributed by atoms with E-state index in [-0.39, 0.29) is 12.3 Å². The van der Waals surface area contributed by atoms with Crippen molar-refractivity contribution in [2.24, 2.45) is 0 Å². The maximum absolute atomic E-state index is 9.76. The molecule has 1 atom stereocenters. The van der Waals surface area contributed by atoms with Crippen LogP contribution in [-0.4, -0.2) is 26.7 Å². The van der Waals surface area contributed by atoms with E-state index in [1.807, 2.05) is 0 Å². The van der Waals surface area contributed by atoms with Crippen LogP contribution >= 0.6 is 11.6 Å². The fourth-order valence-corrected chi connectivity index (χ4v) is 1.21. The molecule has 0 aliphatic heterocycles. The lowest BCUT2D eigenvalue weighted by molar-refractivity contribution is 0.165. The Morgan fingerprint density at radius 3 is 2.80 bits per heavy atom. The van der Waals surface area contributed by atoms with Crippen LogP contribution in [0.15, 0.2) is 18.5 Å². The van der Waals surface area contributed by atoms with Crippen LogP contribution in [0.4, 0.5) is 0 Å². The lowest BCUT2D eigenvalue weighted by Crippen LogP contribution is -2.36. The summed E-state index contributed by atoms with van der Waals surface area (Å²) in [6.07, 6.45) is 2.01. The maximum atomic E-state index is 9.76. The number of pyridine rings is 1. The molecule has 0 aliphatic rings. The minimum Gasteiger partial charge on any atom is -0.506 e. The van der Waals surface area contributed by atoms with Gasteiger partial charge in [0, 0.05) is 18.3 Å². The monoisotopic (exact) mass is 230 g/mol. The van der Waals surface area contributed by atoms with Gasteiger partial charge in [0.25, 0.3) is 0 Å². The van der Waals surface area contributed by atoms with Gasteiger partial charge < -0.3 is 10.2 Å². The number of aliphatic hydroxyl groups is 1. The molecule has 3 N–H and O–H groups in total. The van der Waals surface area contributed by atoms with Crippen molar-refractivity contribution in [2.45, 2.75) is 24.9 Å². The number of nitrogens with one attached hydrogen (secondary N) is 1. The molecule has 0 radical (unpaired) electrons. The quantitative estimate of drug-likeness (QED) is 0.540. The van der Waals surface area contributed by atoms with E-state index in [9.17, 15) is 10.2 Å². The second kappa shape index (κ2) is 4.79. The minimum atomic E-state index is -0.800. The summed E-state index contributed by atoms with van der Waals surface area (Å²) in [6.45, 7) is 3.84. The number of aromatic nitrogens is 1. The molecule has 84 valence electrons. The summed E-state index contributed by atoms with van der Waals surface area (Å²) in [5, 5.41) is 22.1. The SMILES string of the molecule is CC(C)(Cl)NCC(O)c1ccncc1O. The van der Waals surface area contributed by atoms with Crippen LogP contribution in [0.3, 0.4) is 0 Å². The molecule has 0 saturated heterocycles. The van der Waals surface area contributed by atoms with E-state index in [0.29, 0.717) is 5.56 Å². The highest BCUT2D eigenvalue weighted by Crippen LogP contribution is 2.22.